The third-order valence-electron chi connectivity index (χ3n) is 3.81. The van der Waals surface area contributed by atoms with Gasteiger partial charge >= 0.3 is 0 Å². The summed E-state index contributed by atoms with van der Waals surface area (Å²) >= 11 is 6.01. The van der Waals surface area contributed by atoms with E-state index in [0.717, 1.165) is 23.6 Å². The van der Waals surface area contributed by atoms with Crippen molar-refractivity contribution in [3.05, 3.63) is 58.8 Å². The minimum Gasteiger partial charge on any atom is -0.464 e. The van der Waals surface area contributed by atoms with E-state index in [4.69, 9.17) is 20.5 Å². The lowest BCUT2D eigenvalue weighted by molar-refractivity contribution is 0.380. The average molecular weight is 388 g/mol. The van der Waals surface area contributed by atoms with Crippen LogP contribution in [0.3, 0.4) is 0 Å². The van der Waals surface area contributed by atoms with Crippen molar-refractivity contribution in [2.75, 3.05) is 6.54 Å². The lowest BCUT2D eigenvalue weighted by Crippen LogP contribution is -2.38. The second kappa shape index (κ2) is 8.73. The lowest BCUT2D eigenvalue weighted by atomic mass is 10.2. The molecule has 2 N–H and O–H groups in total. The molecule has 0 saturated carbocycles. The Labute approximate surface area is 162 Å². The molecule has 0 aliphatic carbocycles. The normalized spacial score (nSPS) is 12.8. The Balaban J connectivity index is 1.68. The van der Waals surface area contributed by atoms with Crippen LogP contribution in [-0.2, 0) is 6.54 Å². The molecule has 0 spiro atoms. The summed E-state index contributed by atoms with van der Waals surface area (Å²) in [6, 6.07) is 11.2. The fourth-order valence-electron chi connectivity index (χ4n) is 2.49. The molecular formula is C19H22ClN5O2. The first-order chi connectivity index (χ1) is 13.0. The highest BCUT2D eigenvalue weighted by atomic mass is 35.5. The standard InChI is InChI=1S/C19H22ClN5O2/c1-4-21-19(23-13(3)16-9-8-12(2)26-16)22-11-17-24-18(25-27-17)14-6-5-7-15(20)10-14/h5-10,13H,4,11H2,1-3H3,(H2,21,22,23). The van der Waals surface area contributed by atoms with Gasteiger partial charge in [0.05, 0.1) is 6.04 Å². The first kappa shape index (κ1) is 19.0. The van der Waals surface area contributed by atoms with Gasteiger partial charge in [-0.3, -0.25) is 0 Å². The molecule has 0 fully saturated rings. The molecule has 27 heavy (non-hydrogen) atoms. The van der Waals surface area contributed by atoms with Gasteiger partial charge in [-0.25, -0.2) is 4.99 Å². The third kappa shape index (κ3) is 5.10. The van der Waals surface area contributed by atoms with Crippen LogP contribution in [-0.4, -0.2) is 22.6 Å². The Hall–Kier alpha value is -2.80. The zero-order valence-corrected chi connectivity index (χ0v) is 16.2. The maximum Gasteiger partial charge on any atom is 0.248 e. The monoisotopic (exact) mass is 387 g/mol. The predicted octanol–water partition coefficient (Wildman–Crippen LogP) is 4.11. The summed E-state index contributed by atoms with van der Waals surface area (Å²) < 4.78 is 10.9. The van der Waals surface area contributed by atoms with E-state index in [1.54, 1.807) is 12.1 Å². The molecule has 0 aliphatic rings. The lowest BCUT2D eigenvalue weighted by Gasteiger charge is -2.15. The molecule has 0 saturated heterocycles. The van der Waals surface area contributed by atoms with E-state index >= 15 is 0 Å². The summed E-state index contributed by atoms with van der Waals surface area (Å²) in [7, 11) is 0. The zero-order valence-electron chi connectivity index (χ0n) is 15.5. The van der Waals surface area contributed by atoms with E-state index in [9.17, 15) is 0 Å². The van der Waals surface area contributed by atoms with Crippen molar-refractivity contribution in [3.63, 3.8) is 0 Å². The van der Waals surface area contributed by atoms with Crippen LogP contribution in [0.5, 0.6) is 0 Å². The second-order valence-corrected chi connectivity index (χ2v) is 6.47. The third-order valence-corrected chi connectivity index (χ3v) is 4.04. The van der Waals surface area contributed by atoms with Crippen LogP contribution in [0.1, 0.15) is 37.3 Å². The minimum atomic E-state index is -0.0267. The van der Waals surface area contributed by atoms with E-state index in [1.807, 2.05) is 45.0 Å². The van der Waals surface area contributed by atoms with Crippen LogP contribution in [0, 0.1) is 6.92 Å². The zero-order chi connectivity index (χ0) is 19.2. The Bertz CT molecular complexity index is 918. The van der Waals surface area contributed by atoms with Crippen LogP contribution < -0.4 is 10.6 Å². The summed E-state index contributed by atoms with van der Waals surface area (Å²) in [5.74, 6) is 3.27. The molecule has 0 aliphatic heterocycles. The van der Waals surface area contributed by atoms with Crippen LogP contribution in [0.25, 0.3) is 11.4 Å². The number of hydrogen-bond acceptors (Lipinski definition) is 5. The number of halogens is 1. The number of aryl methyl sites for hydroxylation is 1. The summed E-state index contributed by atoms with van der Waals surface area (Å²) in [4.78, 5) is 8.89. The maximum absolute atomic E-state index is 6.01. The molecule has 2 heterocycles. The molecule has 0 radical (unpaired) electrons. The molecule has 3 rings (SSSR count). The van der Waals surface area contributed by atoms with E-state index in [-0.39, 0.29) is 12.6 Å². The molecule has 1 atom stereocenters. The molecule has 1 aromatic carbocycles. The van der Waals surface area contributed by atoms with E-state index in [0.29, 0.717) is 22.7 Å². The van der Waals surface area contributed by atoms with Crippen molar-refractivity contribution in [2.45, 2.75) is 33.4 Å². The van der Waals surface area contributed by atoms with Crippen molar-refractivity contribution in [1.82, 2.24) is 20.8 Å². The highest BCUT2D eigenvalue weighted by Crippen LogP contribution is 2.20. The molecule has 3 aromatic rings. The Morgan fingerprint density at radius 1 is 1.30 bits per heavy atom. The summed E-state index contributed by atoms with van der Waals surface area (Å²) in [6.07, 6.45) is 0. The smallest absolute Gasteiger partial charge is 0.248 e. The summed E-state index contributed by atoms with van der Waals surface area (Å²) in [5.41, 5.74) is 0.799. The van der Waals surface area contributed by atoms with Gasteiger partial charge in [0, 0.05) is 17.1 Å². The fraction of sp³-hybridized carbons (Fsp3) is 0.316. The number of benzene rings is 1. The highest BCUT2D eigenvalue weighted by molar-refractivity contribution is 6.30. The topological polar surface area (TPSA) is 88.5 Å². The molecule has 0 bridgehead atoms. The Morgan fingerprint density at radius 2 is 2.15 bits per heavy atom. The molecule has 7 nitrogen and oxygen atoms in total. The number of aromatic nitrogens is 2. The van der Waals surface area contributed by atoms with Crippen LogP contribution in [0.4, 0.5) is 0 Å². The Morgan fingerprint density at radius 3 is 2.85 bits per heavy atom. The molecular weight excluding hydrogens is 366 g/mol. The van der Waals surface area contributed by atoms with Gasteiger partial charge in [-0.15, -0.1) is 0 Å². The summed E-state index contributed by atoms with van der Waals surface area (Å²) in [6.45, 7) is 6.92. The molecule has 1 unspecified atom stereocenters. The Kier molecular flexibility index (Phi) is 6.13. The first-order valence-corrected chi connectivity index (χ1v) is 9.12. The number of nitrogens with one attached hydrogen (secondary N) is 2. The van der Waals surface area contributed by atoms with Gasteiger partial charge in [-0.05, 0) is 45.0 Å². The molecule has 8 heteroatoms. The molecule has 0 amide bonds. The average Bonchev–Trinajstić information content (AvgIpc) is 3.29. The minimum absolute atomic E-state index is 0.0267. The van der Waals surface area contributed by atoms with Crippen molar-refractivity contribution in [3.8, 4) is 11.4 Å². The van der Waals surface area contributed by atoms with Crippen LogP contribution in [0.15, 0.2) is 50.3 Å². The predicted molar refractivity (Wildman–Crippen MR) is 105 cm³/mol. The van der Waals surface area contributed by atoms with Gasteiger partial charge in [-0.2, -0.15) is 4.98 Å². The van der Waals surface area contributed by atoms with Gasteiger partial charge in [-0.1, -0.05) is 28.9 Å². The second-order valence-electron chi connectivity index (χ2n) is 6.03. The number of nitrogens with zero attached hydrogens (tertiary/aromatic N) is 3. The van der Waals surface area contributed by atoms with Gasteiger partial charge in [0.25, 0.3) is 0 Å². The summed E-state index contributed by atoms with van der Waals surface area (Å²) in [5, 5.41) is 11.1. The maximum atomic E-state index is 6.01. The quantitative estimate of drug-likeness (QED) is 0.488. The number of aliphatic imine (C=N–C) groups is 1. The van der Waals surface area contributed by atoms with Gasteiger partial charge in [0.1, 0.15) is 18.1 Å². The molecule has 2 aromatic heterocycles. The van der Waals surface area contributed by atoms with E-state index in [2.05, 4.69) is 25.8 Å². The van der Waals surface area contributed by atoms with Gasteiger partial charge < -0.3 is 19.6 Å². The largest absolute Gasteiger partial charge is 0.464 e. The number of rotatable bonds is 6. The highest BCUT2D eigenvalue weighted by Gasteiger charge is 2.12. The van der Waals surface area contributed by atoms with Crippen molar-refractivity contribution < 1.29 is 8.94 Å². The van der Waals surface area contributed by atoms with Gasteiger partial charge in [0.15, 0.2) is 5.96 Å². The van der Waals surface area contributed by atoms with E-state index < -0.39 is 0 Å². The fourth-order valence-corrected chi connectivity index (χ4v) is 2.68. The first-order valence-electron chi connectivity index (χ1n) is 8.75. The number of hydrogen-bond donors (Lipinski definition) is 2. The van der Waals surface area contributed by atoms with Gasteiger partial charge in [0.2, 0.25) is 11.7 Å². The molecule has 142 valence electrons. The van der Waals surface area contributed by atoms with Crippen LogP contribution in [0.2, 0.25) is 5.02 Å². The van der Waals surface area contributed by atoms with Crippen molar-refractivity contribution >= 4 is 17.6 Å². The van der Waals surface area contributed by atoms with E-state index in [1.165, 1.54) is 0 Å². The number of guanidine groups is 1. The number of furan rings is 1. The SMILES string of the molecule is CCNC(=NCc1nc(-c2cccc(Cl)c2)no1)NC(C)c1ccc(C)o1. The van der Waals surface area contributed by atoms with Crippen molar-refractivity contribution in [2.24, 2.45) is 4.99 Å². The van der Waals surface area contributed by atoms with Crippen molar-refractivity contribution in [1.29, 1.82) is 0 Å². The van der Waals surface area contributed by atoms with Crippen LogP contribution >= 0.6 is 11.6 Å².